The van der Waals surface area contributed by atoms with E-state index in [1.807, 2.05) is 146 Å². The van der Waals surface area contributed by atoms with E-state index < -0.39 is 0 Å². The first-order valence-corrected chi connectivity index (χ1v) is 36.7. The lowest BCUT2D eigenvalue weighted by atomic mass is 10.1. The van der Waals surface area contributed by atoms with Gasteiger partial charge >= 0.3 is 0 Å². The molecular formula is C88H69Br2ClF4N12O4. The number of nitriles is 3. The number of hydrogen-bond acceptors (Lipinski definition) is 12. The van der Waals surface area contributed by atoms with Crippen LogP contribution in [0.15, 0.2) is 291 Å². The van der Waals surface area contributed by atoms with Gasteiger partial charge in [0, 0.05) is 131 Å². The molecule has 0 aliphatic carbocycles. The Balaban J connectivity index is 0.000000141. The second-order valence-corrected chi connectivity index (χ2v) is 26.4. The molecule has 0 bridgehead atoms. The van der Waals surface area contributed by atoms with Crippen LogP contribution >= 0.6 is 44.3 Å². The molecule has 16 rings (SSSR count). The summed E-state index contributed by atoms with van der Waals surface area (Å²) in [6, 6.07) is 75.5. The van der Waals surface area contributed by atoms with Gasteiger partial charge in [-0.2, -0.15) is 15.8 Å². The number of ether oxygens (including phenoxy) is 4. The molecule has 8 heterocycles. The number of rotatable bonds is 20. The average molecular weight is 1630 g/mol. The molecule has 0 saturated carbocycles. The Hall–Kier alpha value is -12.9. The summed E-state index contributed by atoms with van der Waals surface area (Å²) in [6.45, 7) is 2.78. The predicted molar refractivity (Wildman–Crippen MR) is 433 cm³/mol. The van der Waals surface area contributed by atoms with E-state index in [-0.39, 0.29) is 35.7 Å². The van der Waals surface area contributed by atoms with Gasteiger partial charge in [0.1, 0.15) is 46.3 Å². The maximum atomic E-state index is 13.1. The minimum absolute atomic E-state index is 0. The van der Waals surface area contributed by atoms with Gasteiger partial charge in [0.25, 0.3) is 0 Å². The SMILES string of the molecule is Cl.Fc1ccc(CCBr)cc1.N#Cc1ccnc(Oc2cccc3[nH]ccc23)c1.N#Cc1ccnc(Oc2cccc3c2c(Br)cn3CCc2ccc(F)cc2)c1.N#Cc1ccnc(Oc2cccc3c2ccn3CCc2ccc(F)cc2)c1.NCc1ccnc(Oc2cccc3c2ccn3CCc2ccc(F)cc2)c1. The van der Waals surface area contributed by atoms with Crippen molar-refractivity contribution in [3.8, 4) is 64.7 Å². The topological polar surface area (TPSA) is 216 Å². The van der Waals surface area contributed by atoms with Gasteiger partial charge in [-0.1, -0.05) is 88.7 Å². The van der Waals surface area contributed by atoms with E-state index in [9.17, 15) is 17.6 Å². The first kappa shape index (κ1) is 79.2. The van der Waals surface area contributed by atoms with Crippen LogP contribution in [-0.4, -0.2) is 44.0 Å². The van der Waals surface area contributed by atoms with E-state index in [0.29, 0.717) is 58.3 Å². The van der Waals surface area contributed by atoms with Crippen LogP contribution in [0.1, 0.15) is 44.5 Å². The molecule has 0 amide bonds. The van der Waals surface area contributed by atoms with E-state index in [2.05, 4.69) is 94.8 Å². The summed E-state index contributed by atoms with van der Waals surface area (Å²) in [5, 5.41) is 31.7. The Morgan fingerprint density at radius 3 is 1.19 bits per heavy atom. The van der Waals surface area contributed by atoms with Crippen molar-refractivity contribution in [3.05, 3.63) is 358 Å². The minimum atomic E-state index is -0.228. The molecule has 0 unspecified atom stereocenters. The lowest BCUT2D eigenvalue weighted by Crippen LogP contribution is -2.00. The van der Waals surface area contributed by atoms with Gasteiger partial charge in [-0.25, -0.2) is 37.5 Å². The zero-order chi connectivity index (χ0) is 76.6. The van der Waals surface area contributed by atoms with Crippen molar-refractivity contribution >= 4 is 87.9 Å². The van der Waals surface area contributed by atoms with Crippen LogP contribution in [0.25, 0.3) is 43.6 Å². The Morgan fingerprint density at radius 2 is 0.766 bits per heavy atom. The molecule has 0 aliphatic heterocycles. The Labute approximate surface area is 660 Å². The molecule has 111 heavy (non-hydrogen) atoms. The van der Waals surface area contributed by atoms with Gasteiger partial charge in [-0.05, 0) is 209 Å². The van der Waals surface area contributed by atoms with Gasteiger partial charge in [0.15, 0.2) is 0 Å². The highest BCUT2D eigenvalue weighted by molar-refractivity contribution is 9.10. The van der Waals surface area contributed by atoms with Crippen molar-refractivity contribution in [2.75, 3.05) is 5.33 Å². The number of aromatic amines is 1. The molecule has 8 aromatic heterocycles. The van der Waals surface area contributed by atoms with Crippen molar-refractivity contribution in [1.82, 2.24) is 38.6 Å². The fourth-order valence-corrected chi connectivity index (χ4v) is 12.9. The monoisotopic (exact) mass is 1630 g/mol. The zero-order valence-corrected chi connectivity index (χ0v) is 63.3. The van der Waals surface area contributed by atoms with Crippen LogP contribution < -0.4 is 24.7 Å². The van der Waals surface area contributed by atoms with Crippen molar-refractivity contribution < 1.29 is 36.5 Å². The Morgan fingerprint density at radius 1 is 0.396 bits per heavy atom. The predicted octanol–water partition coefficient (Wildman–Crippen LogP) is 22.0. The molecule has 23 heteroatoms. The highest BCUT2D eigenvalue weighted by Gasteiger charge is 2.16. The van der Waals surface area contributed by atoms with Crippen molar-refractivity contribution in [2.24, 2.45) is 5.73 Å². The summed E-state index contributed by atoms with van der Waals surface area (Å²) in [4.78, 5) is 19.8. The number of aryl methyl sites for hydroxylation is 7. The number of nitrogens with zero attached hydrogens (tertiary/aromatic N) is 10. The van der Waals surface area contributed by atoms with Crippen molar-refractivity contribution in [3.63, 3.8) is 0 Å². The maximum absolute atomic E-state index is 13.1. The zero-order valence-electron chi connectivity index (χ0n) is 59.4. The largest absolute Gasteiger partial charge is 0.438 e. The molecule has 0 atom stereocenters. The number of benzene rings is 8. The molecule has 0 spiro atoms. The van der Waals surface area contributed by atoms with Crippen LogP contribution in [0.4, 0.5) is 17.6 Å². The second kappa shape index (κ2) is 39.3. The summed E-state index contributed by atoms with van der Waals surface area (Å²) >= 11 is 6.93. The number of nitrogens with one attached hydrogen (secondary N) is 1. The summed E-state index contributed by atoms with van der Waals surface area (Å²) in [7, 11) is 0. The Bertz CT molecular complexity index is 5900. The minimum Gasteiger partial charge on any atom is -0.438 e. The molecule has 0 aliphatic rings. The highest BCUT2D eigenvalue weighted by atomic mass is 79.9. The van der Waals surface area contributed by atoms with E-state index in [1.54, 1.807) is 85.5 Å². The third-order valence-electron chi connectivity index (χ3n) is 17.4. The van der Waals surface area contributed by atoms with Gasteiger partial charge in [0.05, 0.1) is 56.8 Å². The molecule has 16 aromatic rings. The smallest absolute Gasteiger partial charge is 0.220 e. The van der Waals surface area contributed by atoms with Gasteiger partial charge in [-0.3, -0.25) is 0 Å². The van der Waals surface area contributed by atoms with Crippen molar-refractivity contribution in [1.29, 1.82) is 15.8 Å². The van der Waals surface area contributed by atoms with Crippen LogP contribution in [0.3, 0.4) is 0 Å². The molecule has 0 saturated heterocycles. The highest BCUT2D eigenvalue weighted by Crippen LogP contribution is 2.38. The third-order valence-corrected chi connectivity index (χ3v) is 18.4. The lowest BCUT2D eigenvalue weighted by molar-refractivity contribution is 0.467. The van der Waals surface area contributed by atoms with Gasteiger partial charge < -0.3 is 43.4 Å². The number of fused-ring (bicyclic) bond motifs is 4. The fourth-order valence-electron chi connectivity index (χ4n) is 11.8. The number of nitrogens with two attached hydrogens (primary N) is 1. The average Bonchev–Trinajstić information content (AvgIpc) is 1.67. The molecule has 3 N–H and O–H groups in total. The standard InChI is InChI=1S/C22H15BrFN3O.C22H20FN3O.C22H16FN3O.C14H9N3O.C8H8BrF.ClH/c23-18-14-27(11-9-15-4-6-17(24)7-5-15)19-2-1-3-20(22(18)19)28-21-12-16(13-25)8-10-26-21;2*23-18-6-4-16(5-7-18)9-12-26-13-10-19-20(26)2-1-3-21(19)27-22-14-17(15-24)8-11-25-22;15-9-10-4-6-17-14(8-10)18-13-3-1-2-12-11(13)5-7-16-12;9-6-5-7-1-3-8(10)4-2-7;/h1-8,10,12,14H,9,11H2;1-8,10-11,13-14H,9,12,15,24H2;1-8,10-11,13-14H,9,12H2;1-8,16H;1-4H,5-6H2;1H. The van der Waals surface area contributed by atoms with Gasteiger partial charge in [-0.15, -0.1) is 12.4 Å². The van der Waals surface area contributed by atoms with Crippen molar-refractivity contribution in [2.45, 2.75) is 51.9 Å². The second-order valence-electron chi connectivity index (χ2n) is 24.7. The van der Waals surface area contributed by atoms with E-state index in [1.165, 1.54) is 54.1 Å². The van der Waals surface area contributed by atoms with E-state index in [0.717, 1.165) is 132 Å². The third kappa shape index (κ3) is 21.7. The fraction of sp³-hybridized carbons (Fsp3) is 0.102. The Kier molecular flexibility index (Phi) is 28.0. The maximum Gasteiger partial charge on any atom is 0.220 e. The van der Waals surface area contributed by atoms with Crippen LogP contribution in [0, 0.1) is 57.3 Å². The molecule has 16 nitrogen and oxygen atoms in total. The molecular weight excluding hydrogens is 1560 g/mol. The number of H-pyrrole nitrogens is 1. The van der Waals surface area contributed by atoms with Crippen LogP contribution in [-0.2, 0) is 51.9 Å². The molecule has 8 aromatic carbocycles. The molecule has 0 radical (unpaired) electrons. The normalized spacial score (nSPS) is 10.5. The number of hydrogen-bond donors (Lipinski definition) is 2. The summed E-state index contributed by atoms with van der Waals surface area (Å²) < 4.78 is 82.4. The molecule has 554 valence electrons. The summed E-state index contributed by atoms with van der Waals surface area (Å²) in [5.74, 6) is 3.71. The quantitative estimate of drug-likeness (QED) is 0.0538. The van der Waals surface area contributed by atoms with E-state index >= 15 is 0 Å². The number of alkyl halides is 1. The first-order valence-electron chi connectivity index (χ1n) is 34.8. The first-order chi connectivity index (χ1) is 53.8. The van der Waals surface area contributed by atoms with Gasteiger partial charge in [0.2, 0.25) is 23.5 Å². The summed E-state index contributed by atoms with van der Waals surface area (Å²) in [6.07, 6.45) is 17.7. The van der Waals surface area contributed by atoms with Crippen LogP contribution in [0.2, 0.25) is 0 Å². The summed E-state index contributed by atoms with van der Waals surface area (Å²) in [5.41, 5.74) is 16.8. The number of halogens is 7. The molecule has 0 fully saturated rings. The number of aromatic nitrogens is 8. The van der Waals surface area contributed by atoms with Crippen LogP contribution in [0.5, 0.6) is 46.5 Å². The number of pyridine rings is 4. The lowest BCUT2D eigenvalue weighted by Gasteiger charge is -2.09. The van der Waals surface area contributed by atoms with E-state index in [4.69, 9.17) is 40.5 Å².